The Hall–Kier alpha value is -1.27. The third-order valence-corrected chi connectivity index (χ3v) is 3.68. The molecule has 1 aromatic rings. The van der Waals surface area contributed by atoms with E-state index in [1.807, 2.05) is 19.1 Å². The fraction of sp³-hybridized carbons (Fsp3) is 0.533. The van der Waals surface area contributed by atoms with Crippen LogP contribution >= 0.6 is 15.9 Å². The van der Waals surface area contributed by atoms with E-state index in [2.05, 4.69) is 26.6 Å². The van der Waals surface area contributed by atoms with Crippen molar-refractivity contribution in [2.75, 3.05) is 26.3 Å². The van der Waals surface area contributed by atoms with E-state index in [9.17, 15) is 4.79 Å². The van der Waals surface area contributed by atoms with Crippen LogP contribution in [0.15, 0.2) is 16.6 Å². The number of benzene rings is 1. The first-order valence-electron chi connectivity index (χ1n) is 7.26. The first-order valence-corrected chi connectivity index (χ1v) is 8.05. The molecule has 0 radical (unpaired) electrons. The molecule has 21 heavy (non-hydrogen) atoms. The summed E-state index contributed by atoms with van der Waals surface area (Å²) in [5.74, 6) is 1.63. The van der Waals surface area contributed by atoms with Gasteiger partial charge in [0.2, 0.25) is 5.91 Å². The van der Waals surface area contributed by atoms with Crippen LogP contribution in [-0.2, 0) is 11.3 Å². The zero-order chi connectivity index (χ0) is 15.1. The molecular weight excluding hydrogens is 336 g/mol. The molecule has 2 N–H and O–H groups in total. The zero-order valence-electron chi connectivity index (χ0n) is 12.2. The molecule has 1 heterocycles. The van der Waals surface area contributed by atoms with Crippen molar-refractivity contribution in [3.8, 4) is 11.5 Å². The van der Waals surface area contributed by atoms with Gasteiger partial charge in [0, 0.05) is 26.1 Å². The lowest BCUT2D eigenvalue weighted by molar-refractivity contribution is -0.120. The van der Waals surface area contributed by atoms with Crippen molar-refractivity contribution in [3.63, 3.8) is 0 Å². The monoisotopic (exact) mass is 356 g/mol. The van der Waals surface area contributed by atoms with Crippen molar-refractivity contribution in [1.82, 2.24) is 10.6 Å². The van der Waals surface area contributed by atoms with E-state index in [0.717, 1.165) is 34.5 Å². The van der Waals surface area contributed by atoms with Gasteiger partial charge in [0.05, 0.1) is 4.47 Å². The van der Waals surface area contributed by atoms with Gasteiger partial charge < -0.3 is 20.1 Å². The summed E-state index contributed by atoms with van der Waals surface area (Å²) in [4.78, 5) is 11.5. The van der Waals surface area contributed by atoms with E-state index < -0.39 is 0 Å². The van der Waals surface area contributed by atoms with Crippen LogP contribution < -0.4 is 20.1 Å². The van der Waals surface area contributed by atoms with Crippen molar-refractivity contribution in [3.05, 3.63) is 22.2 Å². The largest absolute Gasteiger partial charge is 0.486 e. The van der Waals surface area contributed by atoms with Crippen LogP contribution in [0.1, 0.15) is 25.3 Å². The summed E-state index contributed by atoms with van der Waals surface area (Å²) in [6.45, 7) is 5.29. The molecule has 5 nitrogen and oxygen atoms in total. The van der Waals surface area contributed by atoms with Crippen LogP contribution in [-0.4, -0.2) is 32.2 Å². The fourth-order valence-electron chi connectivity index (χ4n) is 2.05. The summed E-state index contributed by atoms with van der Waals surface area (Å²) in [6.07, 6.45) is 1.45. The maximum atomic E-state index is 11.5. The average Bonchev–Trinajstić information content (AvgIpc) is 2.49. The number of carbonyl (C=O) groups is 1. The van der Waals surface area contributed by atoms with Gasteiger partial charge in [0.1, 0.15) is 13.2 Å². The predicted octanol–water partition coefficient (Wildman–Crippen LogP) is 2.23. The molecule has 0 unspecified atom stereocenters. The summed E-state index contributed by atoms with van der Waals surface area (Å²) in [5.41, 5.74) is 1.10. The lowest BCUT2D eigenvalue weighted by Crippen LogP contribution is -2.28. The lowest BCUT2D eigenvalue weighted by atomic mass is 10.2. The van der Waals surface area contributed by atoms with E-state index >= 15 is 0 Å². The molecule has 0 saturated carbocycles. The maximum Gasteiger partial charge on any atom is 0.221 e. The standard InChI is InChI=1S/C15H21BrN2O3/c1-2-4-18-14(19)3-5-17-10-11-8-12(16)15-13(9-11)20-6-7-21-15/h8-9,17H,2-7,10H2,1H3,(H,18,19). The van der Waals surface area contributed by atoms with Gasteiger partial charge in [0.25, 0.3) is 0 Å². The Bertz CT molecular complexity index is 494. The van der Waals surface area contributed by atoms with Crippen molar-refractivity contribution < 1.29 is 14.3 Å². The molecule has 116 valence electrons. The first kappa shape index (κ1) is 16.1. The van der Waals surface area contributed by atoms with Crippen molar-refractivity contribution >= 4 is 21.8 Å². The number of nitrogens with one attached hydrogen (secondary N) is 2. The van der Waals surface area contributed by atoms with Crippen LogP contribution in [0.5, 0.6) is 11.5 Å². The van der Waals surface area contributed by atoms with E-state index in [1.165, 1.54) is 0 Å². The number of carbonyl (C=O) groups excluding carboxylic acids is 1. The summed E-state index contributed by atoms with van der Waals surface area (Å²) in [6, 6.07) is 3.99. The van der Waals surface area contributed by atoms with Crippen LogP contribution in [0.4, 0.5) is 0 Å². The number of hydrogen-bond donors (Lipinski definition) is 2. The van der Waals surface area contributed by atoms with Gasteiger partial charge in [-0.1, -0.05) is 6.92 Å². The Balaban J connectivity index is 1.78. The quantitative estimate of drug-likeness (QED) is 0.735. The molecule has 0 spiro atoms. The van der Waals surface area contributed by atoms with E-state index in [-0.39, 0.29) is 5.91 Å². The molecule has 0 fully saturated rings. The minimum absolute atomic E-state index is 0.0905. The number of amides is 1. The highest BCUT2D eigenvalue weighted by Gasteiger charge is 2.16. The van der Waals surface area contributed by atoms with Gasteiger partial charge in [-0.05, 0) is 40.0 Å². The van der Waals surface area contributed by atoms with Crippen LogP contribution in [0.25, 0.3) is 0 Å². The predicted molar refractivity (Wildman–Crippen MR) is 84.8 cm³/mol. The SMILES string of the molecule is CCCNC(=O)CCNCc1cc(Br)c2c(c1)OCCO2. The summed E-state index contributed by atoms with van der Waals surface area (Å²) < 4.78 is 12.0. The Morgan fingerprint density at radius 3 is 2.90 bits per heavy atom. The number of ether oxygens (including phenoxy) is 2. The summed E-state index contributed by atoms with van der Waals surface area (Å²) >= 11 is 3.50. The van der Waals surface area contributed by atoms with Crippen molar-refractivity contribution in [2.45, 2.75) is 26.3 Å². The Labute approximate surface area is 133 Å². The minimum Gasteiger partial charge on any atom is -0.486 e. The zero-order valence-corrected chi connectivity index (χ0v) is 13.8. The Morgan fingerprint density at radius 2 is 2.10 bits per heavy atom. The fourth-order valence-corrected chi connectivity index (χ4v) is 2.66. The highest BCUT2D eigenvalue weighted by atomic mass is 79.9. The topological polar surface area (TPSA) is 59.6 Å². The average molecular weight is 357 g/mol. The molecule has 6 heteroatoms. The first-order chi connectivity index (χ1) is 10.2. The van der Waals surface area contributed by atoms with E-state index in [4.69, 9.17) is 9.47 Å². The molecule has 0 bridgehead atoms. The Kier molecular flexibility index (Phi) is 6.32. The van der Waals surface area contributed by atoms with Crippen molar-refractivity contribution in [1.29, 1.82) is 0 Å². The number of halogens is 1. The van der Waals surface area contributed by atoms with Crippen molar-refractivity contribution in [2.24, 2.45) is 0 Å². The summed E-state index contributed by atoms with van der Waals surface area (Å²) in [7, 11) is 0. The second kappa shape index (κ2) is 8.24. The molecule has 1 aromatic carbocycles. The van der Waals surface area contributed by atoms with E-state index in [0.29, 0.717) is 32.7 Å². The molecule has 0 aromatic heterocycles. The summed E-state index contributed by atoms with van der Waals surface area (Å²) in [5, 5.41) is 6.12. The van der Waals surface area contributed by atoms with Gasteiger partial charge in [-0.15, -0.1) is 0 Å². The molecule has 2 rings (SSSR count). The molecule has 1 aliphatic rings. The molecule has 0 saturated heterocycles. The third kappa shape index (κ3) is 4.89. The second-order valence-electron chi connectivity index (χ2n) is 4.88. The number of fused-ring (bicyclic) bond motifs is 1. The van der Waals surface area contributed by atoms with Gasteiger partial charge >= 0.3 is 0 Å². The molecule has 1 amide bonds. The number of rotatable bonds is 7. The van der Waals surface area contributed by atoms with Gasteiger partial charge in [-0.3, -0.25) is 4.79 Å². The van der Waals surface area contributed by atoms with Crippen LogP contribution in [0.2, 0.25) is 0 Å². The smallest absolute Gasteiger partial charge is 0.221 e. The molecule has 0 aliphatic carbocycles. The van der Waals surface area contributed by atoms with E-state index in [1.54, 1.807) is 0 Å². The third-order valence-electron chi connectivity index (χ3n) is 3.09. The highest BCUT2D eigenvalue weighted by Crippen LogP contribution is 2.38. The normalized spacial score (nSPS) is 13.0. The van der Waals surface area contributed by atoms with Gasteiger partial charge in [-0.2, -0.15) is 0 Å². The Morgan fingerprint density at radius 1 is 1.29 bits per heavy atom. The van der Waals surface area contributed by atoms with Gasteiger partial charge in [0.15, 0.2) is 11.5 Å². The van der Waals surface area contributed by atoms with Crippen LogP contribution in [0, 0.1) is 0 Å². The molecule has 1 aliphatic heterocycles. The molecular formula is C15H21BrN2O3. The highest BCUT2D eigenvalue weighted by molar-refractivity contribution is 9.10. The number of hydrogen-bond acceptors (Lipinski definition) is 4. The minimum atomic E-state index is 0.0905. The molecule has 0 atom stereocenters. The lowest BCUT2D eigenvalue weighted by Gasteiger charge is -2.20. The van der Waals surface area contributed by atoms with Gasteiger partial charge in [-0.25, -0.2) is 0 Å². The van der Waals surface area contributed by atoms with Crippen LogP contribution in [0.3, 0.4) is 0 Å². The second-order valence-corrected chi connectivity index (χ2v) is 5.73. The maximum absolute atomic E-state index is 11.5.